The SMILES string of the molecule is CC(=O)C(=Cc1cc(-c2ccc(-c3ccc(C)s3)s2)sc1C)C(C)=O. The molecule has 0 saturated carbocycles. The van der Waals surface area contributed by atoms with Crippen molar-refractivity contribution in [2.75, 3.05) is 0 Å². The summed E-state index contributed by atoms with van der Waals surface area (Å²) in [5.74, 6) is -0.378. The van der Waals surface area contributed by atoms with Crippen LogP contribution in [0.1, 0.15) is 29.2 Å². The van der Waals surface area contributed by atoms with Crippen LogP contribution >= 0.6 is 34.0 Å². The van der Waals surface area contributed by atoms with E-state index < -0.39 is 0 Å². The van der Waals surface area contributed by atoms with E-state index in [0.29, 0.717) is 0 Å². The fourth-order valence-corrected chi connectivity index (χ4v) is 5.58. The zero-order chi connectivity index (χ0) is 18.1. The lowest BCUT2D eigenvalue weighted by Gasteiger charge is -1.97. The fraction of sp³-hybridized carbons (Fsp3) is 0.200. The number of carbonyl (C=O) groups excluding carboxylic acids is 2. The molecule has 0 aliphatic carbocycles. The Morgan fingerprint density at radius 2 is 1.36 bits per heavy atom. The molecule has 0 N–H and O–H groups in total. The van der Waals surface area contributed by atoms with Crippen LogP contribution in [0, 0.1) is 13.8 Å². The fourth-order valence-electron chi connectivity index (χ4n) is 2.54. The van der Waals surface area contributed by atoms with Crippen LogP contribution in [0.4, 0.5) is 0 Å². The van der Waals surface area contributed by atoms with Crippen molar-refractivity contribution in [1.82, 2.24) is 0 Å². The van der Waals surface area contributed by atoms with E-state index in [2.05, 4.69) is 37.3 Å². The topological polar surface area (TPSA) is 34.1 Å². The molecule has 0 aromatic carbocycles. The molecule has 0 radical (unpaired) electrons. The number of aryl methyl sites for hydroxylation is 2. The van der Waals surface area contributed by atoms with Gasteiger partial charge in [0.15, 0.2) is 11.6 Å². The molecule has 3 aromatic heterocycles. The summed E-state index contributed by atoms with van der Waals surface area (Å²) < 4.78 is 0. The molecule has 25 heavy (non-hydrogen) atoms. The summed E-state index contributed by atoms with van der Waals surface area (Å²) in [4.78, 5) is 30.7. The van der Waals surface area contributed by atoms with Gasteiger partial charge < -0.3 is 0 Å². The number of Topliss-reactive ketones (excluding diaryl/α,β-unsaturated/α-hetero) is 2. The maximum absolute atomic E-state index is 11.7. The summed E-state index contributed by atoms with van der Waals surface area (Å²) in [7, 11) is 0. The molecule has 0 spiro atoms. The van der Waals surface area contributed by atoms with Crippen molar-refractivity contribution in [3.63, 3.8) is 0 Å². The smallest absolute Gasteiger partial charge is 0.163 e. The molecule has 0 atom stereocenters. The molecular formula is C20H18O2S3. The minimum Gasteiger partial charge on any atom is -0.294 e. The number of hydrogen-bond acceptors (Lipinski definition) is 5. The highest BCUT2D eigenvalue weighted by Gasteiger charge is 2.14. The Hall–Kier alpha value is -1.82. The predicted octanol–water partition coefficient (Wildman–Crippen LogP) is 6.38. The van der Waals surface area contributed by atoms with E-state index in [9.17, 15) is 9.59 Å². The summed E-state index contributed by atoms with van der Waals surface area (Å²) in [6.45, 7) is 7.01. The average Bonchev–Trinajstić information content (AvgIpc) is 3.23. The van der Waals surface area contributed by atoms with Gasteiger partial charge in [0.2, 0.25) is 0 Å². The lowest BCUT2D eigenvalue weighted by molar-refractivity contribution is -0.119. The third kappa shape index (κ3) is 3.89. The van der Waals surface area contributed by atoms with E-state index in [1.807, 2.05) is 6.92 Å². The summed E-state index contributed by atoms with van der Waals surface area (Å²) in [6.07, 6.45) is 1.72. The number of thiophene rings is 3. The van der Waals surface area contributed by atoms with E-state index in [4.69, 9.17) is 0 Å². The molecule has 3 aromatic rings. The number of carbonyl (C=O) groups is 2. The maximum atomic E-state index is 11.7. The first kappa shape index (κ1) is 18.0. The number of allylic oxidation sites excluding steroid dienone is 1. The third-order valence-corrected chi connectivity index (χ3v) is 7.39. The van der Waals surface area contributed by atoms with Crippen molar-refractivity contribution in [1.29, 1.82) is 0 Å². The molecule has 3 heterocycles. The molecule has 0 amide bonds. The van der Waals surface area contributed by atoms with Crippen LogP contribution in [0.5, 0.6) is 0 Å². The normalized spacial score (nSPS) is 10.7. The highest BCUT2D eigenvalue weighted by Crippen LogP contribution is 2.41. The maximum Gasteiger partial charge on any atom is 0.163 e. The first-order chi connectivity index (χ1) is 11.8. The molecule has 0 bridgehead atoms. The Morgan fingerprint density at radius 1 is 0.800 bits per heavy atom. The predicted molar refractivity (Wildman–Crippen MR) is 110 cm³/mol. The second kappa shape index (κ2) is 7.20. The van der Waals surface area contributed by atoms with Gasteiger partial charge in [-0.15, -0.1) is 34.0 Å². The average molecular weight is 387 g/mol. The van der Waals surface area contributed by atoms with Gasteiger partial charge in [-0.3, -0.25) is 9.59 Å². The van der Waals surface area contributed by atoms with Crippen LogP contribution < -0.4 is 0 Å². The van der Waals surface area contributed by atoms with E-state index in [1.54, 1.807) is 40.1 Å². The van der Waals surface area contributed by atoms with Crippen molar-refractivity contribution in [3.8, 4) is 19.5 Å². The monoisotopic (exact) mass is 386 g/mol. The molecule has 0 unspecified atom stereocenters. The van der Waals surface area contributed by atoms with E-state index >= 15 is 0 Å². The van der Waals surface area contributed by atoms with E-state index in [0.717, 1.165) is 10.4 Å². The van der Waals surface area contributed by atoms with Crippen molar-refractivity contribution in [3.05, 3.63) is 51.2 Å². The second-order valence-electron chi connectivity index (χ2n) is 5.87. The second-order valence-corrected chi connectivity index (χ2v) is 9.49. The van der Waals surface area contributed by atoms with Crippen molar-refractivity contribution >= 4 is 51.7 Å². The summed E-state index contributed by atoms with van der Waals surface area (Å²) >= 11 is 5.27. The van der Waals surface area contributed by atoms with Gasteiger partial charge in [0.05, 0.1) is 5.57 Å². The van der Waals surface area contributed by atoms with Crippen molar-refractivity contribution in [2.24, 2.45) is 0 Å². The first-order valence-corrected chi connectivity index (χ1v) is 10.3. The molecule has 0 fully saturated rings. The van der Waals surface area contributed by atoms with Crippen molar-refractivity contribution < 1.29 is 9.59 Å². The molecule has 0 saturated heterocycles. The van der Waals surface area contributed by atoms with Crippen LogP contribution in [-0.2, 0) is 9.59 Å². The Kier molecular flexibility index (Phi) is 5.18. The quantitative estimate of drug-likeness (QED) is 0.289. The minimum absolute atomic E-state index is 0.189. The molecule has 0 aliphatic heterocycles. The van der Waals surface area contributed by atoms with Gasteiger partial charge in [-0.1, -0.05) is 0 Å². The Bertz CT molecular complexity index is 966. The van der Waals surface area contributed by atoms with Gasteiger partial charge in [-0.2, -0.15) is 0 Å². The van der Waals surface area contributed by atoms with Gasteiger partial charge in [0.25, 0.3) is 0 Å². The molecular weight excluding hydrogens is 368 g/mol. The lowest BCUT2D eigenvalue weighted by Crippen LogP contribution is -2.05. The molecule has 128 valence electrons. The van der Waals surface area contributed by atoms with Crippen LogP contribution in [-0.4, -0.2) is 11.6 Å². The molecule has 5 heteroatoms. The lowest BCUT2D eigenvalue weighted by atomic mass is 10.1. The number of rotatable bonds is 5. The van der Waals surface area contributed by atoms with E-state index in [1.165, 1.54) is 38.2 Å². The van der Waals surface area contributed by atoms with Gasteiger partial charge in [-0.25, -0.2) is 0 Å². The molecule has 2 nitrogen and oxygen atoms in total. The van der Waals surface area contributed by atoms with Crippen LogP contribution in [0.2, 0.25) is 0 Å². The Balaban J connectivity index is 1.95. The highest BCUT2D eigenvalue weighted by atomic mass is 32.1. The van der Waals surface area contributed by atoms with Gasteiger partial charge in [0, 0.05) is 29.3 Å². The largest absolute Gasteiger partial charge is 0.294 e. The summed E-state index contributed by atoms with van der Waals surface area (Å²) in [5, 5.41) is 0. The van der Waals surface area contributed by atoms with E-state index in [-0.39, 0.29) is 17.1 Å². The van der Waals surface area contributed by atoms with Gasteiger partial charge in [0.1, 0.15) is 0 Å². The standard InChI is InChI=1S/C20H18O2S3/c1-11-5-6-17(23-11)18-7-8-19(25-18)20-10-15(14(4)24-20)9-16(12(2)21)13(3)22/h5-10H,1-4H3. The minimum atomic E-state index is -0.189. The summed E-state index contributed by atoms with van der Waals surface area (Å²) in [6, 6.07) is 10.7. The zero-order valence-corrected chi connectivity index (χ0v) is 17.0. The molecule has 0 aliphatic rings. The van der Waals surface area contributed by atoms with Gasteiger partial charge >= 0.3 is 0 Å². The zero-order valence-electron chi connectivity index (χ0n) is 14.5. The van der Waals surface area contributed by atoms with Crippen molar-refractivity contribution in [2.45, 2.75) is 27.7 Å². The highest BCUT2D eigenvalue weighted by molar-refractivity contribution is 7.26. The third-order valence-electron chi connectivity index (χ3n) is 3.85. The van der Waals surface area contributed by atoms with Crippen LogP contribution in [0.15, 0.2) is 35.9 Å². The van der Waals surface area contributed by atoms with Crippen LogP contribution in [0.25, 0.3) is 25.6 Å². The molecule has 3 rings (SSSR count). The first-order valence-electron chi connectivity index (χ1n) is 7.86. The number of hydrogen-bond donors (Lipinski definition) is 0. The van der Waals surface area contributed by atoms with Crippen LogP contribution in [0.3, 0.4) is 0 Å². The Morgan fingerprint density at radius 3 is 1.92 bits per heavy atom. The summed E-state index contributed by atoms with van der Waals surface area (Å²) in [5.41, 5.74) is 1.20. The van der Waals surface area contributed by atoms with Gasteiger partial charge in [-0.05, 0) is 69.7 Å². The number of ketones is 2. The Labute approximate surface area is 159 Å².